The molecular formula is C23H31NO2S. The lowest BCUT2D eigenvalue weighted by Gasteiger charge is -2.21. The third-order valence-corrected chi connectivity index (χ3v) is 5.82. The van der Waals surface area contributed by atoms with Crippen LogP contribution < -0.4 is 10.1 Å². The van der Waals surface area contributed by atoms with Crippen LogP contribution in [0.5, 0.6) is 5.75 Å². The molecule has 1 N–H and O–H groups in total. The van der Waals surface area contributed by atoms with Crippen molar-refractivity contribution in [2.45, 2.75) is 52.3 Å². The highest BCUT2D eigenvalue weighted by atomic mass is 32.2. The molecule has 0 radical (unpaired) electrons. The monoisotopic (exact) mass is 385 g/mol. The van der Waals surface area contributed by atoms with Crippen molar-refractivity contribution in [1.82, 2.24) is 5.32 Å². The molecule has 0 aliphatic heterocycles. The highest BCUT2D eigenvalue weighted by Gasteiger charge is 2.16. The van der Waals surface area contributed by atoms with E-state index >= 15 is 0 Å². The van der Waals surface area contributed by atoms with Crippen molar-refractivity contribution in [2.75, 3.05) is 12.9 Å². The Morgan fingerprint density at radius 2 is 1.78 bits per heavy atom. The number of ether oxygens (including phenoxy) is 1. The molecule has 146 valence electrons. The van der Waals surface area contributed by atoms with Crippen molar-refractivity contribution < 1.29 is 9.53 Å². The van der Waals surface area contributed by atoms with Crippen LogP contribution in [0.25, 0.3) is 0 Å². The Balaban J connectivity index is 1.98. The van der Waals surface area contributed by atoms with Crippen LogP contribution in [0.4, 0.5) is 0 Å². The van der Waals surface area contributed by atoms with E-state index in [4.69, 9.17) is 4.74 Å². The maximum Gasteiger partial charge on any atom is 0.230 e. The minimum absolute atomic E-state index is 0.0278. The molecule has 2 aromatic carbocycles. The standard InChI is InChI=1S/C23H31NO2S/c1-15(2)20-12-21(17(4)11-22(20)26-6)18(5)24-23(25)14-27-13-19-10-8-7-9-16(19)3/h7-12,15,18H,13-14H2,1-6H3,(H,24,25). The summed E-state index contributed by atoms with van der Waals surface area (Å²) in [6.45, 7) is 10.5. The van der Waals surface area contributed by atoms with Gasteiger partial charge in [0.2, 0.25) is 5.91 Å². The Bertz CT molecular complexity index is 786. The lowest BCUT2D eigenvalue weighted by molar-refractivity contribution is -0.119. The van der Waals surface area contributed by atoms with E-state index in [1.165, 1.54) is 16.7 Å². The average Bonchev–Trinajstić information content (AvgIpc) is 2.62. The first-order valence-corrected chi connectivity index (χ1v) is 10.6. The van der Waals surface area contributed by atoms with Crippen LogP contribution >= 0.6 is 11.8 Å². The van der Waals surface area contributed by atoms with Gasteiger partial charge in [0, 0.05) is 5.75 Å². The summed E-state index contributed by atoms with van der Waals surface area (Å²) in [6.07, 6.45) is 0. The van der Waals surface area contributed by atoms with E-state index < -0.39 is 0 Å². The van der Waals surface area contributed by atoms with Gasteiger partial charge in [0.15, 0.2) is 0 Å². The lowest BCUT2D eigenvalue weighted by atomic mass is 9.93. The minimum Gasteiger partial charge on any atom is -0.496 e. The van der Waals surface area contributed by atoms with E-state index in [-0.39, 0.29) is 11.9 Å². The van der Waals surface area contributed by atoms with Gasteiger partial charge >= 0.3 is 0 Å². The van der Waals surface area contributed by atoms with Crippen LogP contribution in [0.15, 0.2) is 36.4 Å². The Hall–Kier alpha value is -1.94. The molecule has 1 atom stereocenters. The maximum absolute atomic E-state index is 12.4. The van der Waals surface area contributed by atoms with E-state index in [0.29, 0.717) is 11.7 Å². The summed E-state index contributed by atoms with van der Waals surface area (Å²) in [4.78, 5) is 12.4. The van der Waals surface area contributed by atoms with Crippen LogP contribution in [-0.2, 0) is 10.5 Å². The van der Waals surface area contributed by atoms with E-state index in [2.05, 4.69) is 57.3 Å². The van der Waals surface area contributed by atoms with Gasteiger partial charge in [-0.3, -0.25) is 4.79 Å². The second-order valence-corrected chi connectivity index (χ2v) is 8.30. The fraction of sp³-hybridized carbons (Fsp3) is 0.435. The molecule has 0 spiro atoms. The summed E-state index contributed by atoms with van der Waals surface area (Å²) in [5, 5.41) is 3.14. The Morgan fingerprint density at radius 3 is 2.41 bits per heavy atom. The van der Waals surface area contributed by atoms with Gasteiger partial charge in [-0.15, -0.1) is 11.8 Å². The molecule has 1 amide bonds. The van der Waals surface area contributed by atoms with E-state index in [1.54, 1.807) is 18.9 Å². The summed E-state index contributed by atoms with van der Waals surface area (Å²) in [7, 11) is 1.71. The summed E-state index contributed by atoms with van der Waals surface area (Å²) in [5.41, 5.74) is 6.02. The third-order valence-electron chi connectivity index (χ3n) is 4.84. The number of hydrogen-bond acceptors (Lipinski definition) is 3. The molecule has 3 nitrogen and oxygen atoms in total. The molecule has 0 aromatic heterocycles. The van der Waals surface area contributed by atoms with Gasteiger partial charge in [-0.05, 0) is 66.6 Å². The molecule has 2 rings (SSSR count). The highest BCUT2D eigenvalue weighted by Crippen LogP contribution is 2.32. The highest BCUT2D eigenvalue weighted by molar-refractivity contribution is 7.99. The smallest absolute Gasteiger partial charge is 0.230 e. The first-order valence-electron chi connectivity index (χ1n) is 9.43. The molecule has 0 bridgehead atoms. The average molecular weight is 386 g/mol. The minimum atomic E-state index is -0.0278. The number of thioether (sulfide) groups is 1. The van der Waals surface area contributed by atoms with Crippen molar-refractivity contribution in [3.8, 4) is 5.75 Å². The van der Waals surface area contributed by atoms with Crippen LogP contribution in [0, 0.1) is 13.8 Å². The van der Waals surface area contributed by atoms with E-state index in [9.17, 15) is 4.79 Å². The van der Waals surface area contributed by atoms with Gasteiger partial charge in [-0.2, -0.15) is 0 Å². The van der Waals surface area contributed by atoms with E-state index in [1.807, 2.05) is 19.1 Å². The van der Waals surface area contributed by atoms with Crippen LogP contribution in [0.2, 0.25) is 0 Å². The third kappa shape index (κ3) is 5.77. The zero-order chi connectivity index (χ0) is 20.0. The van der Waals surface area contributed by atoms with Crippen molar-refractivity contribution >= 4 is 17.7 Å². The van der Waals surface area contributed by atoms with Gasteiger partial charge in [0.25, 0.3) is 0 Å². The van der Waals surface area contributed by atoms with Crippen molar-refractivity contribution in [3.05, 3.63) is 64.2 Å². The first kappa shape index (κ1) is 21.4. The van der Waals surface area contributed by atoms with Crippen molar-refractivity contribution in [1.29, 1.82) is 0 Å². The fourth-order valence-electron chi connectivity index (χ4n) is 3.20. The quantitative estimate of drug-likeness (QED) is 0.648. The number of hydrogen-bond donors (Lipinski definition) is 1. The topological polar surface area (TPSA) is 38.3 Å². The molecule has 0 aliphatic rings. The van der Waals surface area contributed by atoms with Gasteiger partial charge in [-0.25, -0.2) is 0 Å². The number of methoxy groups -OCH3 is 1. The summed E-state index contributed by atoms with van der Waals surface area (Å²) >= 11 is 1.65. The normalized spacial score (nSPS) is 12.1. The lowest BCUT2D eigenvalue weighted by Crippen LogP contribution is -2.28. The van der Waals surface area contributed by atoms with Crippen molar-refractivity contribution in [3.63, 3.8) is 0 Å². The largest absolute Gasteiger partial charge is 0.496 e. The molecule has 1 unspecified atom stereocenters. The molecule has 0 saturated heterocycles. The molecule has 27 heavy (non-hydrogen) atoms. The number of benzene rings is 2. The van der Waals surface area contributed by atoms with Crippen LogP contribution in [0.1, 0.15) is 60.5 Å². The zero-order valence-corrected chi connectivity index (χ0v) is 18.1. The number of aryl methyl sites for hydroxylation is 2. The summed E-state index contributed by atoms with van der Waals surface area (Å²) in [5.74, 6) is 2.67. The molecular weight excluding hydrogens is 354 g/mol. The van der Waals surface area contributed by atoms with Crippen LogP contribution in [0.3, 0.4) is 0 Å². The number of carbonyl (C=O) groups is 1. The molecule has 4 heteroatoms. The Kier molecular flexibility index (Phi) is 7.78. The van der Waals surface area contributed by atoms with Gasteiger partial charge < -0.3 is 10.1 Å². The van der Waals surface area contributed by atoms with Gasteiger partial charge in [0.1, 0.15) is 5.75 Å². The SMILES string of the molecule is COc1cc(C)c(C(C)NC(=O)CSCc2ccccc2C)cc1C(C)C. The number of rotatable bonds is 8. The number of carbonyl (C=O) groups excluding carboxylic acids is 1. The molecule has 0 heterocycles. The second-order valence-electron chi connectivity index (χ2n) is 7.31. The number of nitrogens with one attached hydrogen (secondary N) is 1. The molecule has 0 fully saturated rings. The summed E-state index contributed by atoms with van der Waals surface area (Å²) in [6, 6.07) is 12.5. The maximum atomic E-state index is 12.4. The predicted molar refractivity (Wildman–Crippen MR) is 116 cm³/mol. The Morgan fingerprint density at radius 1 is 1.07 bits per heavy atom. The first-order chi connectivity index (χ1) is 12.8. The van der Waals surface area contributed by atoms with Crippen LogP contribution in [-0.4, -0.2) is 18.8 Å². The molecule has 2 aromatic rings. The zero-order valence-electron chi connectivity index (χ0n) is 17.3. The summed E-state index contributed by atoms with van der Waals surface area (Å²) < 4.78 is 5.52. The second kappa shape index (κ2) is 9.84. The van der Waals surface area contributed by atoms with Crippen molar-refractivity contribution in [2.24, 2.45) is 0 Å². The number of amides is 1. The predicted octanol–water partition coefficient (Wildman–Crippen LogP) is 5.55. The molecule has 0 aliphatic carbocycles. The van der Waals surface area contributed by atoms with Gasteiger partial charge in [0.05, 0.1) is 18.9 Å². The molecule has 0 saturated carbocycles. The Labute approximate surface area is 167 Å². The van der Waals surface area contributed by atoms with Gasteiger partial charge in [-0.1, -0.05) is 38.1 Å². The van der Waals surface area contributed by atoms with E-state index in [0.717, 1.165) is 22.6 Å². The fourth-order valence-corrected chi connectivity index (χ4v) is 4.11.